The topological polar surface area (TPSA) is 29.5 Å². The molecule has 1 N–H and O–H groups in total. The summed E-state index contributed by atoms with van der Waals surface area (Å²) in [5, 5.41) is 9.94. The van der Waals surface area contributed by atoms with Crippen LogP contribution >= 0.6 is 31.9 Å². The van der Waals surface area contributed by atoms with Crippen molar-refractivity contribution in [2.24, 2.45) is 0 Å². The van der Waals surface area contributed by atoms with Gasteiger partial charge in [0.25, 0.3) is 0 Å². The van der Waals surface area contributed by atoms with Gasteiger partial charge in [0.2, 0.25) is 0 Å². The van der Waals surface area contributed by atoms with Crippen LogP contribution in [0, 0.1) is 0 Å². The van der Waals surface area contributed by atoms with Gasteiger partial charge in [-0.1, -0.05) is 13.8 Å². The molecule has 0 aliphatic rings. The summed E-state index contributed by atoms with van der Waals surface area (Å²) in [6.45, 7) is 4.53. The highest BCUT2D eigenvalue weighted by Crippen LogP contribution is 2.29. The lowest BCUT2D eigenvalue weighted by atomic mass is 10.0. The maximum Gasteiger partial charge on any atom is 0.122 e. The van der Waals surface area contributed by atoms with Gasteiger partial charge in [0.1, 0.15) is 18.1 Å². The number of aryl methyl sites for hydroxylation is 2. The summed E-state index contributed by atoms with van der Waals surface area (Å²) in [5.41, 5.74) is 1.86. The van der Waals surface area contributed by atoms with Crippen molar-refractivity contribution in [1.82, 2.24) is 0 Å². The number of hydrogen-bond donors (Lipinski definition) is 1. The summed E-state index contributed by atoms with van der Waals surface area (Å²) >= 11 is 6.55. The summed E-state index contributed by atoms with van der Waals surface area (Å²) in [5.74, 6) is 1.20. The van der Waals surface area contributed by atoms with E-state index in [2.05, 4.69) is 31.9 Å². The Morgan fingerprint density at radius 1 is 1.24 bits per heavy atom. The van der Waals surface area contributed by atoms with E-state index in [0.717, 1.165) is 33.1 Å². The molecule has 0 saturated carbocycles. The van der Waals surface area contributed by atoms with Crippen molar-refractivity contribution >= 4 is 31.9 Å². The maximum absolute atomic E-state index is 9.94. The highest BCUT2D eigenvalue weighted by atomic mass is 79.9. The van der Waals surface area contributed by atoms with Crippen LogP contribution in [0.25, 0.3) is 0 Å². The zero-order chi connectivity index (χ0) is 12.8. The van der Waals surface area contributed by atoms with E-state index in [9.17, 15) is 5.11 Å². The first-order valence-corrected chi connectivity index (χ1v) is 7.15. The standard InChI is InChI=1S/C13H16Br2O2/c1-3-9-7-11(17-6-5-12(14)15)8-10(4-2)13(9)16/h5,7-8,16H,3-4,6H2,1-2H3. The van der Waals surface area contributed by atoms with Gasteiger partial charge in [0, 0.05) is 0 Å². The van der Waals surface area contributed by atoms with Gasteiger partial charge in [-0.25, -0.2) is 0 Å². The first-order valence-electron chi connectivity index (χ1n) is 5.57. The fourth-order valence-electron chi connectivity index (χ4n) is 1.55. The average Bonchev–Trinajstić information content (AvgIpc) is 2.30. The van der Waals surface area contributed by atoms with Crippen molar-refractivity contribution in [3.63, 3.8) is 0 Å². The molecular formula is C13H16Br2O2. The van der Waals surface area contributed by atoms with Crippen LogP contribution < -0.4 is 4.74 Å². The quantitative estimate of drug-likeness (QED) is 0.832. The molecule has 1 rings (SSSR count). The zero-order valence-electron chi connectivity index (χ0n) is 9.96. The van der Waals surface area contributed by atoms with Gasteiger partial charge in [-0.05, 0) is 74.0 Å². The smallest absolute Gasteiger partial charge is 0.122 e. The highest BCUT2D eigenvalue weighted by molar-refractivity contribution is 9.28. The monoisotopic (exact) mass is 362 g/mol. The van der Waals surface area contributed by atoms with E-state index in [0.29, 0.717) is 12.4 Å². The zero-order valence-corrected chi connectivity index (χ0v) is 13.1. The van der Waals surface area contributed by atoms with E-state index in [4.69, 9.17) is 4.74 Å². The molecule has 17 heavy (non-hydrogen) atoms. The lowest BCUT2D eigenvalue weighted by molar-refractivity contribution is 0.360. The van der Waals surface area contributed by atoms with Crippen LogP contribution in [0.2, 0.25) is 0 Å². The molecule has 0 aliphatic heterocycles. The van der Waals surface area contributed by atoms with E-state index in [1.165, 1.54) is 0 Å². The summed E-state index contributed by atoms with van der Waals surface area (Å²) in [6.07, 6.45) is 3.48. The van der Waals surface area contributed by atoms with Gasteiger partial charge in [-0.2, -0.15) is 0 Å². The van der Waals surface area contributed by atoms with Crippen molar-refractivity contribution in [3.8, 4) is 11.5 Å². The Balaban J connectivity index is 2.89. The van der Waals surface area contributed by atoms with E-state index < -0.39 is 0 Å². The molecule has 0 heterocycles. The van der Waals surface area contributed by atoms with Crippen molar-refractivity contribution < 1.29 is 9.84 Å². The van der Waals surface area contributed by atoms with Gasteiger partial charge in [0.05, 0.1) is 3.39 Å². The Hall–Kier alpha value is -0.480. The van der Waals surface area contributed by atoms with E-state index in [1.54, 1.807) is 0 Å². The Labute approximate surface area is 119 Å². The van der Waals surface area contributed by atoms with Gasteiger partial charge in [0.15, 0.2) is 0 Å². The molecule has 0 atom stereocenters. The normalized spacial score (nSPS) is 10.1. The molecule has 0 unspecified atom stereocenters. The number of ether oxygens (including phenoxy) is 1. The van der Waals surface area contributed by atoms with E-state index in [1.807, 2.05) is 32.1 Å². The number of benzene rings is 1. The highest BCUT2D eigenvalue weighted by Gasteiger charge is 2.07. The molecular weight excluding hydrogens is 348 g/mol. The minimum Gasteiger partial charge on any atom is -0.507 e. The SMILES string of the molecule is CCc1cc(OCC=C(Br)Br)cc(CC)c1O. The largest absolute Gasteiger partial charge is 0.507 e. The second kappa shape index (κ2) is 7.07. The summed E-state index contributed by atoms with van der Waals surface area (Å²) < 4.78 is 6.48. The predicted octanol–water partition coefficient (Wildman–Crippen LogP) is 4.53. The van der Waals surface area contributed by atoms with E-state index >= 15 is 0 Å². The molecule has 4 heteroatoms. The predicted molar refractivity (Wildman–Crippen MR) is 78.3 cm³/mol. The van der Waals surface area contributed by atoms with Crippen LogP contribution in [-0.4, -0.2) is 11.7 Å². The molecule has 0 spiro atoms. The molecule has 1 aromatic rings. The molecule has 0 aliphatic carbocycles. The van der Waals surface area contributed by atoms with Crippen LogP contribution in [0.1, 0.15) is 25.0 Å². The number of aromatic hydroxyl groups is 1. The van der Waals surface area contributed by atoms with Gasteiger partial charge in [-0.3, -0.25) is 0 Å². The molecule has 1 aromatic carbocycles. The number of phenols is 1. The Bertz CT molecular complexity index is 385. The van der Waals surface area contributed by atoms with Crippen molar-refractivity contribution in [1.29, 1.82) is 0 Å². The van der Waals surface area contributed by atoms with Gasteiger partial charge < -0.3 is 9.84 Å². The van der Waals surface area contributed by atoms with Crippen molar-refractivity contribution in [2.75, 3.05) is 6.61 Å². The second-order valence-electron chi connectivity index (χ2n) is 3.60. The number of hydrogen-bond acceptors (Lipinski definition) is 2. The average molecular weight is 364 g/mol. The molecule has 0 saturated heterocycles. The Morgan fingerprint density at radius 2 is 1.76 bits per heavy atom. The molecule has 0 aromatic heterocycles. The third-order valence-electron chi connectivity index (χ3n) is 2.49. The fraction of sp³-hybridized carbons (Fsp3) is 0.385. The lowest BCUT2D eigenvalue weighted by Crippen LogP contribution is -1.97. The molecule has 94 valence electrons. The fourth-order valence-corrected chi connectivity index (χ4v) is 1.82. The van der Waals surface area contributed by atoms with Crippen LogP contribution in [0.5, 0.6) is 11.5 Å². The first kappa shape index (κ1) is 14.6. The van der Waals surface area contributed by atoms with Gasteiger partial charge >= 0.3 is 0 Å². The van der Waals surface area contributed by atoms with Crippen molar-refractivity contribution in [2.45, 2.75) is 26.7 Å². The summed E-state index contributed by atoms with van der Waals surface area (Å²) in [4.78, 5) is 0. The lowest BCUT2D eigenvalue weighted by Gasteiger charge is -2.11. The van der Waals surface area contributed by atoms with Gasteiger partial charge in [-0.15, -0.1) is 0 Å². The van der Waals surface area contributed by atoms with Crippen molar-refractivity contribution in [3.05, 3.63) is 32.7 Å². The van der Waals surface area contributed by atoms with E-state index in [-0.39, 0.29) is 0 Å². The first-order chi connectivity index (χ1) is 8.08. The van der Waals surface area contributed by atoms with Crippen LogP contribution in [-0.2, 0) is 12.8 Å². The number of phenolic OH excluding ortho intramolecular Hbond substituents is 1. The number of halogens is 2. The summed E-state index contributed by atoms with van der Waals surface area (Å²) in [6, 6.07) is 3.79. The molecule has 0 radical (unpaired) electrons. The maximum atomic E-state index is 9.94. The van der Waals surface area contributed by atoms with Crippen LogP contribution in [0.3, 0.4) is 0 Å². The van der Waals surface area contributed by atoms with Crippen LogP contribution in [0.15, 0.2) is 21.6 Å². The number of rotatable bonds is 5. The second-order valence-corrected chi connectivity index (χ2v) is 6.37. The Kier molecular flexibility index (Phi) is 6.06. The third-order valence-corrected chi connectivity index (χ3v) is 3.14. The Morgan fingerprint density at radius 3 is 2.18 bits per heavy atom. The molecule has 0 bridgehead atoms. The molecule has 0 fully saturated rings. The molecule has 0 amide bonds. The minimum atomic E-state index is 0.402. The third kappa shape index (κ3) is 4.36. The molecule has 2 nitrogen and oxygen atoms in total. The summed E-state index contributed by atoms with van der Waals surface area (Å²) in [7, 11) is 0. The van der Waals surface area contributed by atoms with Crippen LogP contribution in [0.4, 0.5) is 0 Å². The minimum absolute atomic E-state index is 0.402.